The van der Waals surface area contributed by atoms with E-state index in [1.165, 1.54) is 5.56 Å². The summed E-state index contributed by atoms with van der Waals surface area (Å²) in [5, 5.41) is 6.07. The molecule has 2 amide bonds. The van der Waals surface area contributed by atoms with E-state index in [-0.39, 0.29) is 17.9 Å². The zero-order valence-electron chi connectivity index (χ0n) is 18.4. The SMILES string of the molecule is O=C(CN1CCC(NC(=O)c2ccc(SCc3cccnc3)cc2)CC1)Nc1ccccc1. The number of thioether (sulfide) groups is 1. The molecule has 33 heavy (non-hydrogen) atoms. The Bertz CT molecular complexity index is 1040. The zero-order chi connectivity index (χ0) is 22.9. The smallest absolute Gasteiger partial charge is 0.251 e. The van der Waals surface area contributed by atoms with E-state index >= 15 is 0 Å². The first kappa shape index (κ1) is 23.0. The van der Waals surface area contributed by atoms with Crippen molar-refractivity contribution in [1.29, 1.82) is 0 Å². The molecule has 0 aliphatic carbocycles. The number of nitrogens with zero attached hydrogens (tertiary/aromatic N) is 2. The summed E-state index contributed by atoms with van der Waals surface area (Å²) in [6.45, 7) is 1.95. The van der Waals surface area contributed by atoms with Crippen LogP contribution in [0.3, 0.4) is 0 Å². The predicted octanol–water partition coefficient (Wildman–Crippen LogP) is 4.21. The molecule has 170 valence electrons. The number of nitrogens with one attached hydrogen (secondary N) is 2. The van der Waals surface area contributed by atoms with E-state index in [0.717, 1.165) is 42.3 Å². The number of carbonyl (C=O) groups excluding carboxylic acids is 2. The molecule has 0 saturated carbocycles. The highest BCUT2D eigenvalue weighted by molar-refractivity contribution is 7.98. The first-order valence-corrected chi connectivity index (χ1v) is 12.1. The fraction of sp³-hybridized carbons (Fsp3) is 0.269. The minimum Gasteiger partial charge on any atom is -0.349 e. The molecule has 0 bridgehead atoms. The molecular formula is C26H28N4O2S. The number of hydrogen-bond donors (Lipinski definition) is 2. The highest BCUT2D eigenvalue weighted by Gasteiger charge is 2.22. The lowest BCUT2D eigenvalue weighted by Gasteiger charge is -2.31. The predicted molar refractivity (Wildman–Crippen MR) is 132 cm³/mol. The van der Waals surface area contributed by atoms with Gasteiger partial charge in [0.15, 0.2) is 0 Å². The second-order valence-electron chi connectivity index (χ2n) is 8.11. The molecule has 0 unspecified atom stereocenters. The highest BCUT2D eigenvalue weighted by atomic mass is 32.2. The van der Waals surface area contributed by atoms with Gasteiger partial charge in [0.05, 0.1) is 6.54 Å². The summed E-state index contributed by atoms with van der Waals surface area (Å²) in [4.78, 5) is 32.3. The molecule has 1 aliphatic rings. The molecule has 1 aromatic heterocycles. The third-order valence-corrected chi connectivity index (χ3v) is 6.68. The fourth-order valence-corrected chi connectivity index (χ4v) is 4.61. The number of hydrogen-bond acceptors (Lipinski definition) is 5. The summed E-state index contributed by atoms with van der Waals surface area (Å²) in [5.41, 5.74) is 2.66. The van der Waals surface area contributed by atoms with E-state index in [0.29, 0.717) is 12.1 Å². The summed E-state index contributed by atoms with van der Waals surface area (Å²) in [5.74, 6) is 0.797. The topological polar surface area (TPSA) is 74.3 Å². The summed E-state index contributed by atoms with van der Waals surface area (Å²) < 4.78 is 0. The second-order valence-corrected chi connectivity index (χ2v) is 9.16. The van der Waals surface area contributed by atoms with Gasteiger partial charge in [-0.15, -0.1) is 11.8 Å². The van der Waals surface area contributed by atoms with Gasteiger partial charge in [0, 0.05) is 53.4 Å². The average molecular weight is 461 g/mol. The molecule has 0 atom stereocenters. The van der Waals surface area contributed by atoms with Crippen molar-refractivity contribution in [2.24, 2.45) is 0 Å². The van der Waals surface area contributed by atoms with Crippen LogP contribution < -0.4 is 10.6 Å². The van der Waals surface area contributed by atoms with Crippen LogP contribution in [0.5, 0.6) is 0 Å². The molecule has 2 heterocycles. The van der Waals surface area contributed by atoms with Gasteiger partial charge in [0.25, 0.3) is 5.91 Å². The number of carbonyl (C=O) groups is 2. The van der Waals surface area contributed by atoms with Crippen molar-refractivity contribution in [1.82, 2.24) is 15.2 Å². The van der Waals surface area contributed by atoms with Gasteiger partial charge >= 0.3 is 0 Å². The van der Waals surface area contributed by atoms with Gasteiger partial charge in [-0.25, -0.2) is 0 Å². The Kier molecular flexibility index (Phi) is 8.11. The number of para-hydroxylation sites is 1. The normalized spacial score (nSPS) is 14.5. The lowest BCUT2D eigenvalue weighted by molar-refractivity contribution is -0.117. The number of anilines is 1. The Hall–Kier alpha value is -3.16. The van der Waals surface area contributed by atoms with Crippen LogP contribution in [0.15, 0.2) is 84.0 Å². The van der Waals surface area contributed by atoms with E-state index in [4.69, 9.17) is 0 Å². The average Bonchev–Trinajstić information content (AvgIpc) is 2.85. The number of piperidine rings is 1. The molecule has 2 N–H and O–H groups in total. The lowest BCUT2D eigenvalue weighted by atomic mass is 10.0. The molecule has 1 fully saturated rings. The molecule has 0 radical (unpaired) electrons. The lowest BCUT2D eigenvalue weighted by Crippen LogP contribution is -2.46. The minimum absolute atomic E-state index is 0.00910. The first-order valence-electron chi connectivity index (χ1n) is 11.2. The summed E-state index contributed by atoms with van der Waals surface area (Å²) in [6.07, 6.45) is 5.32. The monoisotopic (exact) mass is 460 g/mol. The maximum atomic E-state index is 12.7. The number of amides is 2. The number of aromatic nitrogens is 1. The third kappa shape index (κ3) is 7.17. The van der Waals surface area contributed by atoms with Crippen molar-refractivity contribution in [2.75, 3.05) is 25.0 Å². The Labute approximate surface area is 198 Å². The van der Waals surface area contributed by atoms with Gasteiger partial charge in [0.1, 0.15) is 0 Å². The molecule has 6 nitrogen and oxygen atoms in total. The van der Waals surface area contributed by atoms with E-state index in [1.807, 2.05) is 66.9 Å². The van der Waals surface area contributed by atoms with Gasteiger partial charge in [-0.1, -0.05) is 24.3 Å². The minimum atomic E-state index is -0.0425. The molecule has 1 aliphatic heterocycles. The van der Waals surface area contributed by atoms with Crippen molar-refractivity contribution >= 4 is 29.3 Å². The van der Waals surface area contributed by atoms with Crippen molar-refractivity contribution < 1.29 is 9.59 Å². The molecular weight excluding hydrogens is 432 g/mol. The van der Waals surface area contributed by atoms with Gasteiger partial charge in [-0.3, -0.25) is 19.5 Å². The summed E-state index contributed by atoms with van der Waals surface area (Å²) in [7, 11) is 0. The van der Waals surface area contributed by atoms with Crippen molar-refractivity contribution in [3.8, 4) is 0 Å². The van der Waals surface area contributed by atoms with Crippen LogP contribution in [0.1, 0.15) is 28.8 Å². The molecule has 7 heteroatoms. The van der Waals surface area contributed by atoms with E-state index in [9.17, 15) is 9.59 Å². The summed E-state index contributed by atoms with van der Waals surface area (Å²) >= 11 is 1.73. The highest BCUT2D eigenvalue weighted by Crippen LogP contribution is 2.23. The molecule has 2 aromatic carbocycles. The van der Waals surface area contributed by atoms with Crippen LogP contribution in [-0.4, -0.2) is 47.4 Å². The number of pyridine rings is 1. The Morgan fingerprint density at radius 2 is 1.73 bits per heavy atom. The van der Waals surface area contributed by atoms with E-state index in [1.54, 1.807) is 18.0 Å². The van der Waals surface area contributed by atoms with Crippen LogP contribution in [0.2, 0.25) is 0 Å². The fourth-order valence-electron chi connectivity index (χ4n) is 3.78. The summed E-state index contributed by atoms with van der Waals surface area (Å²) in [6, 6.07) is 21.4. The maximum Gasteiger partial charge on any atom is 0.251 e. The van der Waals surface area contributed by atoms with Crippen LogP contribution >= 0.6 is 11.8 Å². The van der Waals surface area contributed by atoms with Gasteiger partial charge in [-0.2, -0.15) is 0 Å². The largest absolute Gasteiger partial charge is 0.349 e. The number of likely N-dealkylation sites (tertiary alicyclic amines) is 1. The van der Waals surface area contributed by atoms with Gasteiger partial charge < -0.3 is 10.6 Å². The molecule has 4 rings (SSSR count). The van der Waals surface area contributed by atoms with Crippen LogP contribution in [0.4, 0.5) is 5.69 Å². The molecule has 3 aromatic rings. The second kappa shape index (κ2) is 11.6. The number of rotatable bonds is 8. The Balaban J connectivity index is 1.18. The molecule has 1 saturated heterocycles. The van der Waals surface area contributed by atoms with Gasteiger partial charge in [0.2, 0.25) is 5.91 Å². The zero-order valence-corrected chi connectivity index (χ0v) is 19.3. The first-order chi connectivity index (χ1) is 16.2. The standard InChI is InChI=1S/C26H28N4O2S/c31-25(28-22-6-2-1-3-7-22)18-30-15-12-23(13-16-30)29-26(32)21-8-10-24(11-9-21)33-19-20-5-4-14-27-17-20/h1-11,14,17,23H,12-13,15-16,18-19H2,(H,28,31)(H,29,32). The Morgan fingerprint density at radius 1 is 0.970 bits per heavy atom. The number of benzene rings is 2. The molecule has 0 spiro atoms. The quantitative estimate of drug-likeness (QED) is 0.493. The van der Waals surface area contributed by atoms with E-state index in [2.05, 4.69) is 26.6 Å². The third-order valence-electron chi connectivity index (χ3n) is 5.59. The van der Waals surface area contributed by atoms with Crippen LogP contribution in [-0.2, 0) is 10.5 Å². The van der Waals surface area contributed by atoms with Crippen molar-refractivity contribution in [2.45, 2.75) is 29.5 Å². The van der Waals surface area contributed by atoms with E-state index < -0.39 is 0 Å². The van der Waals surface area contributed by atoms with Crippen LogP contribution in [0, 0.1) is 0 Å². The van der Waals surface area contributed by atoms with Crippen molar-refractivity contribution in [3.05, 3.63) is 90.3 Å². The Morgan fingerprint density at radius 3 is 2.42 bits per heavy atom. The maximum absolute atomic E-state index is 12.7. The van der Waals surface area contributed by atoms with Gasteiger partial charge in [-0.05, 0) is 60.9 Å². The van der Waals surface area contributed by atoms with Crippen molar-refractivity contribution in [3.63, 3.8) is 0 Å². The van der Waals surface area contributed by atoms with Crippen LogP contribution in [0.25, 0.3) is 0 Å².